The molecular weight excluding hydrogens is 818 g/mol. The fourth-order valence-corrected chi connectivity index (χ4v) is 3.83. The zero-order valence-corrected chi connectivity index (χ0v) is 23.5. The molecule has 2 rings (SSSR count). The van der Waals surface area contributed by atoms with Crippen molar-refractivity contribution < 1.29 is 114 Å². The lowest BCUT2D eigenvalue weighted by molar-refractivity contribution is -0.442. The van der Waals surface area contributed by atoms with Crippen molar-refractivity contribution >= 4 is 11.6 Å². The van der Waals surface area contributed by atoms with Gasteiger partial charge in [-0.1, -0.05) is 23.7 Å². The second kappa shape index (κ2) is 12.0. The van der Waals surface area contributed by atoms with Crippen molar-refractivity contribution in [2.24, 2.45) is 0 Å². The van der Waals surface area contributed by atoms with Gasteiger partial charge in [0.15, 0.2) is 0 Å². The van der Waals surface area contributed by atoms with Crippen LogP contribution < -0.4 is 0 Å². The Bertz CT molecular complexity index is 1490. The highest BCUT2D eigenvalue weighted by Gasteiger charge is 2.92. The largest absolute Gasteiger partial charge is 0.460 e. The standard InChI is InChI=1S/C24H7ClF26/c25-12-3-1-8(2-4-12)9-5-10(13(26,27)15(30,31)17(34,35)19(38,39)21(42,43)23(46,47)48)7-11(6-9)14(28,29)16(32,33)18(36,37)20(40,41)22(44,45)24(49,50)51/h1-7H. The van der Waals surface area contributed by atoms with Gasteiger partial charge in [-0.25, -0.2) is 0 Å². The van der Waals surface area contributed by atoms with Gasteiger partial charge in [0, 0.05) is 16.1 Å². The van der Waals surface area contributed by atoms with Crippen LogP contribution in [0.3, 0.4) is 0 Å². The molecule has 0 aliphatic rings. The SMILES string of the molecule is FC(F)(F)C(F)(F)C(F)(F)C(F)(F)C(F)(F)C(F)(F)c1cc(-c2ccc(Cl)cc2)cc(C(F)(F)C(F)(F)C(F)(F)C(F)(F)C(F)(F)C(F)(F)F)c1. The number of rotatable bonds is 11. The van der Waals surface area contributed by atoms with Crippen molar-refractivity contribution in [2.45, 2.75) is 71.6 Å². The summed E-state index contributed by atoms with van der Waals surface area (Å²) in [5.41, 5.74) is -10.2. The van der Waals surface area contributed by atoms with Gasteiger partial charge >= 0.3 is 71.6 Å². The van der Waals surface area contributed by atoms with Crippen LogP contribution in [0.4, 0.5) is 114 Å². The van der Waals surface area contributed by atoms with E-state index in [9.17, 15) is 114 Å². The molecule has 0 aromatic heterocycles. The van der Waals surface area contributed by atoms with Crippen LogP contribution in [0, 0.1) is 0 Å². The molecule has 0 spiro atoms. The van der Waals surface area contributed by atoms with E-state index in [0.717, 1.165) is 0 Å². The molecule has 0 saturated heterocycles. The fraction of sp³-hybridized carbons (Fsp3) is 0.500. The lowest BCUT2D eigenvalue weighted by atomic mass is 9.85. The minimum atomic E-state index is -8.66. The lowest BCUT2D eigenvalue weighted by Gasteiger charge is -2.41. The maximum Gasteiger partial charge on any atom is 0.460 e. The van der Waals surface area contributed by atoms with E-state index in [1.54, 1.807) is 0 Å². The average Bonchev–Trinajstić information content (AvgIpc) is 2.95. The summed E-state index contributed by atoms with van der Waals surface area (Å²) in [6.45, 7) is 0. The molecule has 0 heterocycles. The summed E-state index contributed by atoms with van der Waals surface area (Å²) in [7, 11) is 0. The molecular formula is C24H7ClF26. The van der Waals surface area contributed by atoms with Gasteiger partial charge in [-0.3, -0.25) is 0 Å². The quantitative estimate of drug-likeness (QED) is 0.198. The molecule has 0 saturated carbocycles. The molecule has 0 fully saturated rings. The fourth-order valence-electron chi connectivity index (χ4n) is 3.70. The van der Waals surface area contributed by atoms with Crippen molar-refractivity contribution in [3.63, 3.8) is 0 Å². The Hall–Kier alpha value is -3.09. The number of alkyl halides is 26. The van der Waals surface area contributed by atoms with E-state index in [-0.39, 0.29) is 0 Å². The van der Waals surface area contributed by atoms with Gasteiger partial charge in [-0.2, -0.15) is 114 Å². The van der Waals surface area contributed by atoms with Crippen molar-refractivity contribution in [2.75, 3.05) is 0 Å². The second-order valence-electron chi connectivity index (χ2n) is 10.0. The van der Waals surface area contributed by atoms with Gasteiger partial charge in [0.2, 0.25) is 0 Å². The van der Waals surface area contributed by atoms with Crippen LogP contribution in [0.2, 0.25) is 5.02 Å². The van der Waals surface area contributed by atoms with Gasteiger partial charge in [0.1, 0.15) is 0 Å². The summed E-state index contributed by atoms with van der Waals surface area (Å²) >= 11 is 5.42. The summed E-state index contributed by atoms with van der Waals surface area (Å²) < 4.78 is 356. The van der Waals surface area contributed by atoms with Crippen LogP contribution in [0.1, 0.15) is 11.1 Å². The molecule has 0 aliphatic carbocycles. The van der Waals surface area contributed by atoms with Crippen LogP contribution in [-0.2, 0) is 11.8 Å². The third-order valence-corrected chi connectivity index (χ3v) is 6.95. The first kappa shape index (κ1) is 44.1. The molecule has 0 atom stereocenters. The molecule has 0 N–H and O–H groups in total. The minimum Gasteiger partial charge on any atom is -0.194 e. The van der Waals surface area contributed by atoms with E-state index in [2.05, 4.69) is 0 Å². The molecule has 2 aromatic carbocycles. The molecule has 51 heavy (non-hydrogen) atoms. The lowest BCUT2D eigenvalue weighted by Crippen LogP contribution is -2.69. The van der Waals surface area contributed by atoms with E-state index in [1.807, 2.05) is 0 Å². The normalized spacial score (nSPS) is 15.7. The Kier molecular flexibility index (Phi) is 10.3. The zero-order valence-electron chi connectivity index (χ0n) is 22.7. The molecule has 2 aromatic rings. The van der Waals surface area contributed by atoms with Crippen LogP contribution in [0.25, 0.3) is 11.1 Å². The summed E-state index contributed by atoms with van der Waals surface area (Å²) in [6, 6.07) is -1.87. The molecule has 0 radical (unpaired) electrons. The maximum atomic E-state index is 14.9. The van der Waals surface area contributed by atoms with Crippen LogP contribution in [0.15, 0.2) is 42.5 Å². The van der Waals surface area contributed by atoms with Gasteiger partial charge in [0.25, 0.3) is 0 Å². The second-order valence-corrected chi connectivity index (χ2v) is 10.5. The minimum absolute atomic E-state index is 0.344. The highest BCUT2D eigenvalue weighted by Crippen LogP contribution is 2.64. The first-order valence-electron chi connectivity index (χ1n) is 11.9. The number of benzene rings is 2. The highest BCUT2D eigenvalue weighted by molar-refractivity contribution is 6.30. The Morgan fingerprint density at radius 3 is 0.804 bits per heavy atom. The predicted molar refractivity (Wildman–Crippen MR) is 116 cm³/mol. The highest BCUT2D eigenvalue weighted by atomic mass is 35.5. The average molecular weight is 825 g/mol. The molecule has 292 valence electrons. The van der Waals surface area contributed by atoms with E-state index >= 15 is 0 Å². The number of hydrogen-bond donors (Lipinski definition) is 0. The predicted octanol–water partition coefficient (Wildman–Crippen LogP) is 12.4. The van der Waals surface area contributed by atoms with Crippen molar-refractivity contribution in [3.8, 4) is 11.1 Å². The first-order valence-corrected chi connectivity index (χ1v) is 12.3. The molecule has 0 nitrogen and oxygen atoms in total. The number of halogens is 27. The molecule has 0 amide bonds. The summed E-state index contributed by atoms with van der Waals surface area (Å²) in [5.74, 6) is -83.2. The Morgan fingerprint density at radius 2 is 0.549 bits per heavy atom. The molecule has 0 unspecified atom stereocenters. The Balaban J connectivity index is 3.04. The smallest absolute Gasteiger partial charge is 0.194 e. The van der Waals surface area contributed by atoms with Crippen molar-refractivity contribution in [1.29, 1.82) is 0 Å². The first-order chi connectivity index (χ1) is 22.1. The van der Waals surface area contributed by atoms with Crippen LogP contribution >= 0.6 is 11.6 Å². The summed E-state index contributed by atoms with van der Waals surface area (Å²) in [6.07, 6.45) is -15.9. The molecule has 27 heteroatoms. The third-order valence-electron chi connectivity index (χ3n) is 6.70. The topological polar surface area (TPSA) is 0 Å². The maximum absolute atomic E-state index is 14.9. The van der Waals surface area contributed by atoms with Crippen molar-refractivity contribution in [3.05, 3.63) is 58.6 Å². The van der Waals surface area contributed by atoms with Gasteiger partial charge in [0.05, 0.1) is 0 Å². The Morgan fingerprint density at radius 1 is 0.294 bits per heavy atom. The van der Waals surface area contributed by atoms with Crippen molar-refractivity contribution in [1.82, 2.24) is 0 Å². The number of hydrogen-bond acceptors (Lipinski definition) is 0. The molecule has 0 aliphatic heterocycles. The van der Waals surface area contributed by atoms with Gasteiger partial charge in [-0.15, -0.1) is 0 Å². The van der Waals surface area contributed by atoms with Gasteiger partial charge in [-0.05, 0) is 41.5 Å². The third kappa shape index (κ3) is 6.06. The molecule has 0 bridgehead atoms. The van der Waals surface area contributed by atoms with E-state index in [4.69, 9.17) is 11.6 Å². The van der Waals surface area contributed by atoms with E-state index < -0.39 is 117 Å². The Labute approximate surface area is 267 Å². The summed E-state index contributed by atoms with van der Waals surface area (Å²) in [4.78, 5) is 0. The van der Waals surface area contributed by atoms with Crippen LogP contribution in [0.5, 0.6) is 0 Å². The zero-order chi connectivity index (χ0) is 40.8. The monoisotopic (exact) mass is 824 g/mol. The summed E-state index contributed by atoms with van der Waals surface area (Å²) in [5, 5.41) is -0.455. The van der Waals surface area contributed by atoms with E-state index in [0.29, 0.717) is 24.3 Å². The van der Waals surface area contributed by atoms with Gasteiger partial charge < -0.3 is 0 Å². The van der Waals surface area contributed by atoms with Crippen LogP contribution in [-0.4, -0.2) is 59.7 Å². The van der Waals surface area contributed by atoms with E-state index in [1.165, 1.54) is 0 Å².